The Morgan fingerprint density at radius 1 is 0.812 bits per heavy atom. The van der Waals surface area contributed by atoms with Crippen molar-refractivity contribution in [3.8, 4) is 11.5 Å². The molecule has 0 saturated heterocycles. The van der Waals surface area contributed by atoms with Crippen LogP contribution in [-0.2, 0) is 11.8 Å². The lowest BCUT2D eigenvalue weighted by Crippen LogP contribution is -2.33. The van der Waals surface area contributed by atoms with Crippen LogP contribution < -0.4 is 9.47 Å². The Labute approximate surface area is 188 Å². The molecule has 1 saturated carbocycles. The molecule has 6 rings (SSSR count). The van der Waals surface area contributed by atoms with Crippen molar-refractivity contribution in [1.29, 1.82) is 0 Å². The minimum absolute atomic E-state index is 0.104. The van der Waals surface area contributed by atoms with Gasteiger partial charge >= 0.3 is 0 Å². The van der Waals surface area contributed by atoms with Crippen LogP contribution in [0.3, 0.4) is 0 Å². The molecule has 1 aliphatic heterocycles. The standard InChI is InChI=1S/C28H29NO3/c1-29-23-10-6-4-8-18(23)21-14-17(12-13-24(21)29)28-22-16-27(31-3)26(30-2)15-20(22)19-9-5-7-11-25(19)32-28/h4,6,8,10,12-16,19,25,28H,5,7,9,11H2,1-3H3/t19-,25+,28+/m0/s1. The average molecular weight is 428 g/mol. The van der Waals surface area contributed by atoms with Gasteiger partial charge in [-0.3, -0.25) is 0 Å². The number of hydrogen-bond acceptors (Lipinski definition) is 3. The molecule has 1 aliphatic carbocycles. The summed E-state index contributed by atoms with van der Waals surface area (Å²) in [6.45, 7) is 0. The Bertz CT molecular complexity index is 1320. The summed E-state index contributed by atoms with van der Waals surface area (Å²) in [6.07, 6.45) is 4.92. The molecule has 0 unspecified atom stereocenters. The molecule has 3 atom stereocenters. The fourth-order valence-corrected chi connectivity index (χ4v) is 5.93. The SMILES string of the molecule is COc1cc2c(cc1OC)[C@@H]1CCCC[C@H]1O[C@@H]2c1ccc2c(c1)c1ccccc1n2C. The number of methoxy groups -OCH3 is 2. The monoisotopic (exact) mass is 427 g/mol. The first kappa shape index (κ1) is 19.7. The first-order chi connectivity index (χ1) is 15.7. The molecule has 164 valence electrons. The zero-order valence-corrected chi connectivity index (χ0v) is 18.9. The predicted octanol–water partition coefficient (Wildman–Crippen LogP) is 6.49. The first-order valence-electron chi connectivity index (χ1n) is 11.6. The molecule has 4 heteroatoms. The van der Waals surface area contributed by atoms with E-state index in [0.29, 0.717) is 5.92 Å². The lowest BCUT2D eigenvalue weighted by atomic mass is 9.75. The van der Waals surface area contributed by atoms with Gasteiger partial charge in [0.15, 0.2) is 11.5 Å². The van der Waals surface area contributed by atoms with E-state index in [-0.39, 0.29) is 12.2 Å². The average Bonchev–Trinajstić information content (AvgIpc) is 3.14. The van der Waals surface area contributed by atoms with E-state index >= 15 is 0 Å². The minimum atomic E-state index is -0.104. The van der Waals surface area contributed by atoms with Gasteiger partial charge in [0.1, 0.15) is 6.10 Å². The van der Waals surface area contributed by atoms with Crippen LogP contribution in [0.1, 0.15) is 54.4 Å². The van der Waals surface area contributed by atoms with Gasteiger partial charge in [-0.15, -0.1) is 0 Å². The van der Waals surface area contributed by atoms with Crippen molar-refractivity contribution in [2.75, 3.05) is 14.2 Å². The lowest BCUT2D eigenvalue weighted by Gasteiger charge is -2.41. The van der Waals surface area contributed by atoms with E-state index in [4.69, 9.17) is 14.2 Å². The molecule has 2 heterocycles. The maximum absolute atomic E-state index is 6.84. The Balaban J connectivity index is 1.55. The lowest BCUT2D eigenvalue weighted by molar-refractivity contribution is -0.0390. The highest BCUT2D eigenvalue weighted by Crippen LogP contribution is 2.50. The third kappa shape index (κ3) is 2.86. The first-order valence-corrected chi connectivity index (χ1v) is 11.6. The van der Waals surface area contributed by atoms with Gasteiger partial charge in [0, 0.05) is 34.8 Å². The molecule has 2 aliphatic rings. The number of aryl methyl sites for hydroxylation is 1. The summed E-state index contributed by atoms with van der Waals surface area (Å²) in [7, 11) is 5.56. The summed E-state index contributed by atoms with van der Waals surface area (Å²) in [6, 6.07) is 19.7. The van der Waals surface area contributed by atoms with E-state index in [1.807, 2.05) is 0 Å². The number of ether oxygens (including phenoxy) is 3. The second-order valence-electron chi connectivity index (χ2n) is 9.13. The second-order valence-corrected chi connectivity index (χ2v) is 9.13. The van der Waals surface area contributed by atoms with Crippen molar-refractivity contribution < 1.29 is 14.2 Å². The van der Waals surface area contributed by atoms with Crippen LogP contribution in [0.15, 0.2) is 54.6 Å². The maximum atomic E-state index is 6.84. The highest BCUT2D eigenvalue weighted by atomic mass is 16.5. The number of nitrogens with zero attached hydrogens (tertiary/aromatic N) is 1. The van der Waals surface area contributed by atoms with Crippen LogP contribution in [-0.4, -0.2) is 24.9 Å². The molecule has 3 aromatic carbocycles. The largest absolute Gasteiger partial charge is 0.493 e. The molecule has 1 aromatic heterocycles. The summed E-state index contributed by atoms with van der Waals surface area (Å²) < 4.78 is 20.4. The van der Waals surface area contributed by atoms with Crippen molar-refractivity contribution in [2.24, 2.45) is 7.05 Å². The van der Waals surface area contributed by atoms with Crippen LogP contribution in [0, 0.1) is 0 Å². The van der Waals surface area contributed by atoms with Gasteiger partial charge in [-0.25, -0.2) is 0 Å². The number of hydrogen-bond donors (Lipinski definition) is 0. The molecule has 4 aromatic rings. The van der Waals surface area contributed by atoms with E-state index in [9.17, 15) is 0 Å². The Morgan fingerprint density at radius 3 is 2.34 bits per heavy atom. The molecule has 0 radical (unpaired) electrons. The quantitative estimate of drug-likeness (QED) is 0.374. The normalized spacial score (nSPS) is 22.5. The van der Waals surface area contributed by atoms with Crippen molar-refractivity contribution in [3.05, 3.63) is 71.3 Å². The smallest absolute Gasteiger partial charge is 0.161 e. The maximum Gasteiger partial charge on any atom is 0.161 e. The number of rotatable bonds is 3. The van der Waals surface area contributed by atoms with E-state index in [2.05, 4.69) is 66.2 Å². The second kappa shape index (κ2) is 7.56. The summed E-state index contributed by atoms with van der Waals surface area (Å²) >= 11 is 0. The van der Waals surface area contributed by atoms with Crippen LogP contribution in [0.25, 0.3) is 21.8 Å². The Hall–Kier alpha value is -2.98. The van der Waals surface area contributed by atoms with Crippen molar-refractivity contribution in [1.82, 2.24) is 4.57 Å². The van der Waals surface area contributed by atoms with Crippen molar-refractivity contribution in [2.45, 2.75) is 43.8 Å². The zero-order valence-electron chi connectivity index (χ0n) is 18.9. The van der Waals surface area contributed by atoms with Gasteiger partial charge in [0.2, 0.25) is 0 Å². The topological polar surface area (TPSA) is 32.6 Å². The third-order valence-corrected chi connectivity index (χ3v) is 7.52. The van der Waals surface area contributed by atoms with Crippen molar-refractivity contribution in [3.63, 3.8) is 0 Å². The molecular weight excluding hydrogens is 398 g/mol. The summed E-state index contributed by atoms with van der Waals surface area (Å²) in [4.78, 5) is 0. The van der Waals surface area contributed by atoms with Crippen molar-refractivity contribution >= 4 is 21.8 Å². The summed E-state index contributed by atoms with van der Waals surface area (Å²) in [5.41, 5.74) is 6.27. The summed E-state index contributed by atoms with van der Waals surface area (Å²) in [5.74, 6) is 2.00. The van der Waals surface area contributed by atoms with Crippen LogP contribution >= 0.6 is 0 Å². The Morgan fingerprint density at radius 2 is 1.53 bits per heavy atom. The van der Waals surface area contributed by atoms with E-state index in [1.54, 1.807) is 14.2 Å². The summed E-state index contributed by atoms with van der Waals surface area (Å²) in [5, 5.41) is 2.56. The van der Waals surface area contributed by atoms with E-state index in [1.165, 1.54) is 57.8 Å². The van der Waals surface area contributed by atoms with Gasteiger partial charge in [0.05, 0.1) is 20.3 Å². The minimum Gasteiger partial charge on any atom is -0.493 e. The molecule has 4 nitrogen and oxygen atoms in total. The molecule has 0 spiro atoms. The molecule has 32 heavy (non-hydrogen) atoms. The van der Waals surface area contributed by atoms with E-state index < -0.39 is 0 Å². The number of para-hydroxylation sites is 1. The number of benzene rings is 3. The van der Waals surface area contributed by atoms with Crippen LogP contribution in [0.4, 0.5) is 0 Å². The van der Waals surface area contributed by atoms with Gasteiger partial charge in [-0.05, 0) is 59.9 Å². The fourth-order valence-electron chi connectivity index (χ4n) is 5.93. The Kier molecular flexibility index (Phi) is 4.65. The number of fused-ring (bicyclic) bond motifs is 6. The number of aromatic nitrogens is 1. The highest BCUT2D eigenvalue weighted by molar-refractivity contribution is 6.08. The zero-order chi connectivity index (χ0) is 21.8. The highest BCUT2D eigenvalue weighted by Gasteiger charge is 2.39. The molecule has 0 amide bonds. The van der Waals surface area contributed by atoms with Crippen LogP contribution in [0.2, 0.25) is 0 Å². The van der Waals surface area contributed by atoms with Gasteiger partial charge in [-0.1, -0.05) is 37.1 Å². The molecule has 0 bridgehead atoms. The molecular formula is C28H29NO3. The fraction of sp³-hybridized carbons (Fsp3) is 0.357. The molecule has 0 N–H and O–H groups in total. The van der Waals surface area contributed by atoms with Crippen LogP contribution in [0.5, 0.6) is 11.5 Å². The van der Waals surface area contributed by atoms with Gasteiger partial charge in [-0.2, -0.15) is 0 Å². The third-order valence-electron chi connectivity index (χ3n) is 7.52. The van der Waals surface area contributed by atoms with E-state index in [0.717, 1.165) is 17.9 Å². The van der Waals surface area contributed by atoms with Gasteiger partial charge in [0.25, 0.3) is 0 Å². The van der Waals surface area contributed by atoms with Gasteiger partial charge < -0.3 is 18.8 Å². The molecule has 1 fully saturated rings. The predicted molar refractivity (Wildman–Crippen MR) is 128 cm³/mol.